The lowest BCUT2D eigenvalue weighted by atomic mass is 10.1. The normalized spacial score (nSPS) is 14.1. The summed E-state index contributed by atoms with van der Waals surface area (Å²) in [5, 5.41) is 0. The molecule has 1 amide bonds. The highest BCUT2D eigenvalue weighted by Gasteiger charge is 2.34. The first kappa shape index (κ1) is 14.9. The van der Waals surface area contributed by atoms with E-state index in [4.69, 9.17) is 9.15 Å². The first-order valence-electron chi connectivity index (χ1n) is 7.61. The van der Waals surface area contributed by atoms with Gasteiger partial charge in [-0.1, -0.05) is 29.8 Å². The van der Waals surface area contributed by atoms with Crippen molar-refractivity contribution in [1.29, 1.82) is 0 Å². The fourth-order valence-electron chi connectivity index (χ4n) is 2.61. The molecule has 1 aliphatic rings. The van der Waals surface area contributed by atoms with Gasteiger partial charge in [0.1, 0.15) is 12.4 Å². The van der Waals surface area contributed by atoms with Crippen molar-refractivity contribution in [3.63, 3.8) is 0 Å². The number of methoxy groups -OCH3 is 1. The number of carbonyl (C=O) groups excluding carboxylic acids is 1. The van der Waals surface area contributed by atoms with Crippen LogP contribution >= 0.6 is 0 Å². The lowest BCUT2D eigenvalue weighted by molar-refractivity contribution is 0.0690. The van der Waals surface area contributed by atoms with Gasteiger partial charge in [-0.15, -0.1) is 0 Å². The van der Waals surface area contributed by atoms with E-state index in [1.807, 2.05) is 11.0 Å². The maximum absolute atomic E-state index is 12.7. The molecule has 1 aromatic heterocycles. The summed E-state index contributed by atoms with van der Waals surface area (Å²) in [6.45, 7) is 3.08. The zero-order valence-corrected chi connectivity index (χ0v) is 13.0. The first-order valence-corrected chi connectivity index (χ1v) is 7.61. The van der Waals surface area contributed by atoms with Crippen LogP contribution in [0.25, 0.3) is 0 Å². The topological polar surface area (TPSA) is 42.7 Å². The van der Waals surface area contributed by atoms with Crippen LogP contribution in [0, 0.1) is 6.92 Å². The van der Waals surface area contributed by atoms with Gasteiger partial charge < -0.3 is 14.1 Å². The molecule has 0 spiro atoms. The Bertz CT molecular complexity index is 658. The molecule has 0 saturated heterocycles. The molecule has 0 atom stereocenters. The number of furan rings is 1. The Morgan fingerprint density at radius 3 is 2.82 bits per heavy atom. The number of rotatable bonds is 6. The van der Waals surface area contributed by atoms with Crippen molar-refractivity contribution < 1.29 is 13.9 Å². The van der Waals surface area contributed by atoms with Crippen LogP contribution in [0.4, 0.5) is 0 Å². The number of nitrogens with zero attached hydrogens (tertiary/aromatic N) is 1. The van der Waals surface area contributed by atoms with Gasteiger partial charge in [-0.05, 0) is 37.5 Å². The van der Waals surface area contributed by atoms with Gasteiger partial charge in [0, 0.05) is 19.7 Å². The van der Waals surface area contributed by atoms with E-state index in [9.17, 15) is 4.79 Å². The Balaban J connectivity index is 1.76. The highest BCUT2D eigenvalue weighted by atomic mass is 16.5. The molecule has 0 radical (unpaired) electrons. The summed E-state index contributed by atoms with van der Waals surface area (Å²) in [6, 6.07) is 12.2. The Morgan fingerprint density at radius 1 is 1.32 bits per heavy atom. The number of ether oxygens (including phenoxy) is 1. The van der Waals surface area contributed by atoms with Gasteiger partial charge in [0.15, 0.2) is 5.76 Å². The summed E-state index contributed by atoms with van der Waals surface area (Å²) < 4.78 is 10.6. The number of hydrogen-bond donors (Lipinski definition) is 0. The fourth-order valence-corrected chi connectivity index (χ4v) is 2.61. The minimum atomic E-state index is -0.0358. The SMILES string of the molecule is COCc1ccc(C(=O)N(Cc2cccc(C)c2)C2CC2)o1. The molecule has 3 rings (SSSR count). The molecular formula is C18H21NO3. The van der Waals surface area contributed by atoms with Gasteiger partial charge in [-0.25, -0.2) is 0 Å². The van der Waals surface area contributed by atoms with Gasteiger partial charge in [0.2, 0.25) is 0 Å². The maximum atomic E-state index is 12.7. The third kappa shape index (κ3) is 3.39. The second kappa shape index (κ2) is 6.36. The largest absolute Gasteiger partial charge is 0.453 e. The Labute approximate surface area is 130 Å². The zero-order valence-electron chi connectivity index (χ0n) is 13.0. The summed E-state index contributed by atoms with van der Waals surface area (Å²) in [6.07, 6.45) is 2.15. The Hall–Kier alpha value is -2.07. The quantitative estimate of drug-likeness (QED) is 0.819. The number of hydrogen-bond acceptors (Lipinski definition) is 3. The summed E-state index contributed by atoms with van der Waals surface area (Å²) >= 11 is 0. The second-order valence-electron chi connectivity index (χ2n) is 5.85. The third-order valence-corrected chi connectivity index (χ3v) is 3.84. The van der Waals surface area contributed by atoms with E-state index in [1.54, 1.807) is 19.2 Å². The van der Waals surface area contributed by atoms with Crippen molar-refractivity contribution in [3.8, 4) is 0 Å². The standard InChI is InChI=1S/C18H21NO3/c1-13-4-3-5-14(10-13)11-19(15-6-7-15)18(20)17-9-8-16(22-17)12-21-2/h3-5,8-10,15H,6-7,11-12H2,1-2H3. The van der Waals surface area contributed by atoms with Crippen LogP contribution in [-0.2, 0) is 17.9 Å². The van der Waals surface area contributed by atoms with Crippen molar-refractivity contribution in [1.82, 2.24) is 4.90 Å². The number of amides is 1. The monoisotopic (exact) mass is 299 g/mol. The highest BCUT2D eigenvalue weighted by molar-refractivity contribution is 5.92. The van der Waals surface area contributed by atoms with E-state index in [2.05, 4.69) is 25.1 Å². The van der Waals surface area contributed by atoms with E-state index in [0.29, 0.717) is 30.7 Å². The number of benzene rings is 1. The minimum absolute atomic E-state index is 0.0358. The molecule has 22 heavy (non-hydrogen) atoms. The molecule has 1 saturated carbocycles. The van der Waals surface area contributed by atoms with Crippen LogP contribution in [0.1, 0.15) is 40.3 Å². The van der Waals surface area contributed by atoms with E-state index in [0.717, 1.165) is 18.4 Å². The minimum Gasteiger partial charge on any atom is -0.453 e. The molecule has 4 heteroatoms. The van der Waals surface area contributed by atoms with Gasteiger partial charge in [0.25, 0.3) is 5.91 Å². The predicted molar refractivity (Wildman–Crippen MR) is 83.5 cm³/mol. The van der Waals surface area contributed by atoms with E-state index >= 15 is 0 Å². The molecule has 1 aromatic carbocycles. The summed E-state index contributed by atoms with van der Waals surface area (Å²) in [7, 11) is 1.61. The molecule has 0 unspecified atom stereocenters. The number of carbonyl (C=O) groups is 1. The Kier molecular flexibility index (Phi) is 4.29. The Morgan fingerprint density at radius 2 is 2.14 bits per heavy atom. The van der Waals surface area contributed by atoms with Crippen molar-refractivity contribution >= 4 is 5.91 Å². The van der Waals surface area contributed by atoms with Gasteiger partial charge in [-0.2, -0.15) is 0 Å². The lowest BCUT2D eigenvalue weighted by Crippen LogP contribution is -2.32. The second-order valence-corrected chi connectivity index (χ2v) is 5.85. The van der Waals surface area contributed by atoms with Crippen LogP contribution in [0.3, 0.4) is 0 Å². The van der Waals surface area contributed by atoms with E-state index in [1.165, 1.54) is 5.56 Å². The van der Waals surface area contributed by atoms with Crippen LogP contribution in [-0.4, -0.2) is 24.0 Å². The molecule has 0 N–H and O–H groups in total. The average molecular weight is 299 g/mol. The van der Waals surface area contributed by atoms with Crippen LogP contribution in [0.5, 0.6) is 0 Å². The van der Waals surface area contributed by atoms with Gasteiger partial charge in [-0.3, -0.25) is 4.79 Å². The van der Waals surface area contributed by atoms with E-state index in [-0.39, 0.29) is 5.91 Å². The molecule has 0 aliphatic heterocycles. The van der Waals surface area contributed by atoms with Gasteiger partial charge >= 0.3 is 0 Å². The summed E-state index contributed by atoms with van der Waals surface area (Å²) in [4.78, 5) is 14.6. The van der Waals surface area contributed by atoms with Gasteiger partial charge in [0.05, 0.1) is 0 Å². The van der Waals surface area contributed by atoms with E-state index < -0.39 is 0 Å². The molecule has 116 valence electrons. The van der Waals surface area contributed by atoms with Crippen molar-refractivity contribution in [3.05, 3.63) is 59.0 Å². The van der Waals surface area contributed by atoms with Crippen LogP contribution < -0.4 is 0 Å². The average Bonchev–Trinajstić information content (AvgIpc) is 3.24. The highest BCUT2D eigenvalue weighted by Crippen LogP contribution is 2.30. The predicted octanol–water partition coefficient (Wildman–Crippen LogP) is 3.54. The molecule has 2 aromatic rings. The summed E-state index contributed by atoms with van der Waals surface area (Å²) in [5.74, 6) is 1.04. The molecular weight excluding hydrogens is 278 g/mol. The van der Waals surface area contributed by atoms with Crippen molar-refractivity contribution in [2.24, 2.45) is 0 Å². The zero-order chi connectivity index (χ0) is 15.5. The lowest BCUT2D eigenvalue weighted by Gasteiger charge is -2.21. The molecule has 0 bridgehead atoms. The molecule has 4 nitrogen and oxygen atoms in total. The van der Waals surface area contributed by atoms with Crippen molar-refractivity contribution in [2.75, 3.05) is 7.11 Å². The van der Waals surface area contributed by atoms with Crippen LogP contribution in [0.15, 0.2) is 40.8 Å². The van der Waals surface area contributed by atoms with Crippen molar-refractivity contribution in [2.45, 2.75) is 39.0 Å². The fraction of sp³-hybridized carbons (Fsp3) is 0.389. The van der Waals surface area contributed by atoms with Crippen LogP contribution in [0.2, 0.25) is 0 Å². The molecule has 1 heterocycles. The number of aryl methyl sites for hydroxylation is 1. The molecule has 1 aliphatic carbocycles. The summed E-state index contributed by atoms with van der Waals surface area (Å²) in [5.41, 5.74) is 2.37. The first-order chi connectivity index (χ1) is 10.7. The third-order valence-electron chi connectivity index (χ3n) is 3.84. The maximum Gasteiger partial charge on any atom is 0.290 e. The smallest absolute Gasteiger partial charge is 0.290 e. The molecule has 1 fully saturated rings.